The SMILES string of the molecule is CC(O)C1=C(c2ccc3sccc3c2)N2CCN=C2S1. The number of thiophene rings is 1. The Bertz CT molecular complexity index is 745. The van der Waals surface area contributed by atoms with E-state index in [0.29, 0.717) is 0 Å². The molecular formula is C15H14N2OS2. The van der Waals surface area contributed by atoms with Crippen molar-refractivity contribution in [1.29, 1.82) is 0 Å². The Hall–Kier alpha value is -1.30. The summed E-state index contributed by atoms with van der Waals surface area (Å²) in [6.07, 6.45) is -0.457. The van der Waals surface area contributed by atoms with Crippen LogP contribution in [0.5, 0.6) is 0 Å². The molecule has 1 atom stereocenters. The molecule has 1 N–H and O–H groups in total. The fourth-order valence-corrected chi connectivity index (χ4v) is 4.61. The third-order valence-electron chi connectivity index (χ3n) is 3.61. The lowest BCUT2D eigenvalue weighted by Gasteiger charge is -2.18. The summed E-state index contributed by atoms with van der Waals surface area (Å²) in [7, 11) is 0. The van der Waals surface area contributed by atoms with Crippen molar-refractivity contribution in [2.45, 2.75) is 13.0 Å². The maximum atomic E-state index is 10.1. The second kappa shape index (κ2) is 4.62. The van der Waals surface area contributed by atoms with Crippen molar-refractivity contribution >= 4 is 44.0 Å². The lowest BCUT2D eigenvalue weighted by molar-refractivity contribution is 0.240. The average Bonchev–Trinajstić information content (AvgIpc) is 3.12. The van der Waals surface area contributed by atoms with E-state index < -0.39 is 6.10 Å². The minimum atomic E-state index is -0.457. The molecule has 2 aromatic rings. The Morgan fingerprint density at radius 2 is 2.25 bits per heavy atom. The van der Waals surface area contributed by atoms with Crippen LogP contribution in [0.4, 0.5) is 0 Å². The van der Waals surface area contributed by atoms with Gasteiger partial charge in [0.15, 0.2) is 5.17 Å². The third-order valence-corrected chi connectivity index (χ3v) is 5.80. The van der Waals surface area contributed by atoms with Gasteiger partial charge in [-0.1, -0.05) is 17.8 Å². The summed E-state index contributed by atoms with van der Waals surface area (Å²) in [4.78, 5) is 7.76. The van der Waals surface area contributed by atoms with Crippen LogP contribution in [-0.4, -0.2) is 34.4 Å². The van der Waals surface area contributed by atoms with Gasteiger partial charge in [0.25, 0.3) is 0 Å². The largest absolute Gasteiger partial charge is 0.388 e. The fraction of sp³-hybridized carbons (Fsp3) is 0.267. The third kappa shape index (κ3) is 1.81. The van der Waals surface area contributed by atoms with E-state index in [2.05, 4.69) is 39.5 Å². The number of aliphatic imine (C=N–C) groups is 1. The van der Waals surface area contributed by atoms with Crippen LogP contribution in [-0.2, 0) is 0 Å². The van der Waals surface area contributed by atoms with Crippen molar-refractivity contribution in [2.24, 2.45) is 4.99 Å². The van der Waals surface area contributed by atoms with Crippen molar-refractivity contribution in [3.8, 4) is 0 Å². The molecule has 102 valence electrons. The van der Waals surface area contributed by atoms with E-state index in [4.69, 9.17) is 0 Å². The summed E-state index contributed by atoms with van der Waals surface area (Å²) in [5, 5.41) is 14.5. The van der Waals surface area contributed by atoms with E-state index in [1.54, 1.807) is 23.1 Å². The molecule has 1 unspecified atom stereocenters. The van der Waals surface area contributed by atoms with Crippen LogP contribution < -0.4 is 0 Å². The van der Waals surface area contributed by atoms with Crippen LogP contribution >= 0.6 is 23.1 Å². The van der Waals surface area contributed by atoms with Crippen molar-refractivity contribution < 1.29 is 5.11 Å². The molecule has 3 nitrogen and oxygen atoms in total. The first-order valence-electron chi connectivity index (χ1n) is 6.64. The highest BCUT2D eigenvalue weighted by Gasteiger charge is 2.34. The van der Waals surface area contributed by atoms with Crippen LogP contribution in [0.1, 0.15) is 12.5 Å². The summed E-state index contributed by atoms with van der Waals surface area (Å²) in [6.45, 7) is 3.59. The molecule has 5 heteroatoms. The molecule has 0 aliphatic carbocycles. The molecule has 0 saturated heterocycles. The average molecular weight is 302 g/mol. The van der Waals surface area contributed by atoms with E-state index in [0.717, 1.165) is 28.9 Å². The van der Waals surface area contributed by atoms with Gasteiger partial charge in [0.1, 0.15) is 0 Å². The molecule has 4 rings (SSSR count). The van der Waals surface area contributed by atoms with Crippen molar-refractivity contribution in [2.75, 3.05) is 13.1 Å². The number of aliphatic hydroxyl groups excluding tert-OH is 1. The molecule has 0 fully saturated rings. The molecule has 2 aliphatic rings. The maximum absolute atomic E-state index is 10.1. The summed E-state index contributed by atoms with van der Waals surface area (Å²) in [6, 6.07) is 8.68. The van der Waals surface area contributed by atoms with Gasteiger partial charge in [-0.15, -0.1) is 11.3 Å². The summed E-state index contributed by atoms with van der Waals surface area (Å²) < 4.78 is 1.30. The number of hydrogen-bond acceptors (Lipinski definition) is 5. The van der Waals surface area contributed by atoms with Crippen molar-refractivity contribution in [1.82, 2.24) is 4.90 Å². The number of nitrogens with zero attached hydrogens (tertiary/aromatic N) is 2. The standard InChI is InChI=1S/C15H14N2OS2/c1-9(18)14-13(17-6-5-16-15(17)20-14)11-2-3-12-10(8-11)4-7-19-12/h2-4,7-9,18H,5-6H2,1H3. The first kappa shape index (κ1) is 12.4. The second-order valence-electron chi connectivity index (χ2n) is 4.98. The number of hydrogen-bond donors (Lipinski definition) is 1. The first-order valence-corrected chi connectivity index (χ1v) is 8.33. The molecule has 0 spiro atoms. The fourth-order valence-electron chi connectivity index (χ4n) is 2.70. The molecular weight excluding hydrogens is 288 g/mol. The number of benzene rings is 1. The summed E-state index contributed by atoms with van der Waals surface area (Å²) in [5.41, 5.74) is 2.31. The quantitative estimate of drug-likeness (QED) is 0.924. The van der Waals surface area contributed by atoms with Gasteiger partial charge in [-0.2, -0.15) is 0 Å². The predicted molar refractivity (Wildman–Crippen MR) is 87.0 cm³/mol. The second-order valence-corrected chi connectivity index (χ2v) is 6.94. The van der Waals surface area contributed by atoms with Crippen molar-refractivity contribution in [3.63, 3.8) is 0 Å². The summed E-state index contributed by atoms with van der Waals surface area (Å²) >= 11 is 3.37. The zero-order valence-corrected chi connectivity index (χ0v) is 12.7. The highest BCUT2D eigenvalue weighted by atomic mass is 32.2. The van der Waals surface area contributed by atoms with Crippen LogP contribution in [0.25, 0.3) is 15.8 Å². The van der Waals surface area contributed by atoms with Crippen LogP contribution in [0.3, 0.4) is 0 Å². The molecule has 3 heterocycles. The Labute approximate surface area is 125 Å². The topological polar surface area (TPSA) is 35.8 Å². The molecule has 20 heavy (non-hydrogen) atoms. The molecule has 0 saturated carbocycles. The van der Waals surface area contributed by atoms with Crippen molar-refractivity contribution in [3.05, 3.63) is 40.1 Å². The minimum absolute atomic E-state index is 0.457. The van der Waals surface area contributed by atoms with Gasteiger partial charge in [0.05, 0.1) is 18.3 Å². The maximum Gasteiger partial charge on any atom is 0.168 e. The molecule has 0 radical (unpaired) electrons. The smallest absolute Gasteiger partial charge is 0.168 e. The van der Waals surface area contributed by atoms with Gasteiger partial charge in [-0.3, -0.25) is 4.99 Å². The molecule has 0 bridgehead atoms. The van der Waals surface area contributed by atoms with E-state index in [9.17, 15) is 5.11 Å². The molecule has 1 aromatic carbocycles. The first-order chi connectivity index (χ1) is 9.74. The highest BCUT2D eigenvalue weighted by molar-refractivity contribution is 8.17. The minimum Gasteiger partial charge on any atom is -0.388 e. The molecule has 0 amide bonds. The number of thioether (sulfide) groups is 1. The predicted octanol–water partition coefficient (Wildman–Crippen LogP) is 3.37. The molecule has 2 aliphatic heterocycles. The zero-order valence-electron chi connectivity index (χ0n) is 11.0. The Kier molecular flexibility index (Phi) is 2.87. The van der Waals surface area contributed by atoms with Gasteiger partial charge >= 0.3 is 0 Å². The van der Waals surface area contributed by atoms with E-state index in [1.807, 2.05) is 6.92 Å². The monoisotopic (exact) mass is 302 g/mol. The van der Waals surface area contributed by atoms with E-state index in [-0.39, 0.29) is 0 Å². The number of amidine groups is 1. The Balaban J connectivity index is 1.88. The van der Waals surface area contributed by atoms with Crippen LogP contribution in [0, 0.1) is 0 Å². The van der Waals surface area contributed by atoms with Gasteiger partial charge in [0.2, 0.25) is 0 Å². The summed E-state index contributed by atoms with van der Waals surface area (Å²) in [5.74, 6) is 0. The molecule has 1 aromatic heterocycles. The number of rotatable bonds is 2. The van der Waals surface area contributed by atoms with Gasteiger partial charge < -0.3 is 10.0 Å². The lowest BCUT2D eigenvalue weighted by Crippen LogP contribution is -2.20. The highest BCUT2D eigenvalue weighted by Crippen LogP contribution is 2.43. The zero-order chi connectivity index (χ0) is 13.7. The van der Waals surface area contributed by atoms with Gasteiger partial charge in [0, 0.05) is 16.1 Å². The van der Waals surface area contributed by atoms with Gasteiger partial charge in [-0.05, 0) is 41.5 Å². The lowest BCUT2D eigenvalue weighted by atomic mass is 10.1. The normalized spacial score (nSPS) is 19.7. The Morgan fingerprint density at radius 3 is 3.10 bits per heavy atom. The van der Waals surface area contributed by atoms with Crippen LogP contribution in [0.15, 0.2) is 39.5 Å². The van der Waals surface area contributed by atoms with Crippen LogP contribution in [0.2, 0.25) is 0 Å². The Morgan fingerprint density at radius 1 is 1.35 bits per heavy atom. The van der Waals surface area contributed by atoms with E-state index >= 15 is 0 Å². The number of aliphatic hydroxyl groups is 1. The van der Waals surface area contributed by atoms with Gasteiger partial charge in [-0.25, -0.2) is 0 Å². The van der Waals surface area contributed by atoms with E-state index in [1.165, 1.54) is 15.6 Å². The number of fused-ring (bicyclic) bond motifs is 2.